The predicted molar refractivity (Wildman–Crippen MR) is 67.5 cm³/mol. The van der Waals surface area contributed by atoms with Crippen LogP contribution < -0.4 is 5.32 Å². The number of aryl methyl sites for hydroxylation is 1. The fraction of sp³-hybridized carbons (Fsp3) is 0.0833. The summed E-state index contributed by atoms with van der Waals surface area (Å²) in [4.78, 5) is 11.8. The zero-order valence-corrected chi connectivity index (χ0v) is 10.4. The number of hydrogen-bond donors (Lipinski definition) is 1. The molecule has 2 aromatic rings. The maximum Gasteiger partial charge on any atom is 0.272 e. The minimum atomic E-state index is -0.102. The van der Waals surface area contributed by atoms with Crippen LogP contribution in [0, 0.1) is 0 Å². The number of hydrogen-bond acceptors (Lipinski definition) is 1. The van der Waals surface area contributed by atoms with Crippen molar-refractivity contribution in [2.45, 2.75) is 0 Å². The minimum absolute atomic E-state index is 0.102. The van der Waals surface area contributed by atoms with Crippen LogP contribution in [0.2, 0.25) is 0 Å². The average Bonchev–Trinajstić information content (AvgIpc) is 2.68. The van der Waals surface area contributed by atoms with Gasteiger partial charge >= 0.3 is 0 Å². The molecule has 0 saturated heterocycles. The van der Waals surface area contributed by atoms with Gasteiger partial charge in [0.1, 0.15) is 5.69 Å². The molecule has 0 aliphatic carbocycles. The number of aromatic nitrogens is 1. The Hall–Kier alpha value is -1.55. The molecule has 0 unspecified atom stereocenters. The van der Waals surface area contributed by atoms with Gasteiger partial charge in [-0.25, -0.2) is 0 Å². The third-order valence-electron chi connectivity index (χ3n) is 2.28. The van der Waals surface area contributed by atoms with Crippen molar-refractivity contribution in [1.29, 1.82) is 0 Å². The lowest BCUT2D eigenvalue weighted by Gasteiger charge is -2.05. The van der Waals surface area contributed by atoms with E-state index in [1.807, 2.05) is 43.6 Å². The molecule has 0 aliphatic rings. The highest BCUT2D eigenvalue weighted by atomic mass is 79.9. The molecule has 1 aromatic heterocycles. The number of benzene rings is 1. The van der Waals surface area contributed by atoms with Crippen LogP contribution in [0.3, 0.4) is 0 Å². The molecule has 1 N–H and O–H groups in total. The summed E-state index contributed by atoms with van der Waals surface area (Å²) in [6, 6.07) is 11.1. The topological polar surface area (TPSA) is 34.0 Å². The van der Waals surface area contributed by atoms with Crippen LogP contribution >= 0.6 is 15.9 Å². The Morgan fingerprint density at radius 2 is 1.94 bits per heavy atom. The molecule has 16 heavy (non-hydrogen) atoms. The summed E-state index contributed by atoms with van der Waals surface area (Å²) in [6.45, 7) is 0. The predicted octanol–water partition coefficient (Wildman–Crippen LogP) is 3.04. The number of halogens is 1. The van der Waals surface area contributed by atoms with Crippen molar-refractivity contribution in [3.8, 4) is 0 Å². The van der Waals surface area contributed by atoms with Crippen LogP contribution in [0.1, 0.15) is 10.5 Å². The number of anilines is 1. The number of amides is 1. The molecule has 0 spiro atoms. The number of nitrogens with one attached hydrogen (secondary N) is 1. The summed E-state index contributed by atoms with van der Waals surface area (Å²) in [7, 11) is 1.84. The Morgan fingerprint density at radius 1 is 1.25 bits per heavy atom. The SMILES string of the molecule is Cn1cccc1C(=O)Nc1ccc(Br)cc1. The molecule has 1 heterocycles. The van der Waals surface area contributed by atoms with E-state index in [4.69, 9.17) is 0 Å². The van der Waals surface area contributed by atoms with Gasteiger partial charge in [0.2, 0.25) is 0 Å². The Bertz CT molecular complexity index is 502. The Morgan fingerprint density at radius 3 is 2.50 bits per heavy atom. The van der Waals surface area contributed by atoms with Crippen LogP contribution in [0.4, 0.5) is 5.69 Å². The van der Waals surface area contributed by atoms with Crippen molar-refractivity contribution in [2.24, 2.45) is 7.05 Å². The second-order valence-electron chi connectivity index (χ2n) is 3.47. The molecule has 0 atom stereocenters. The highest BCUT2D eigenvalue weighted by Crippen LogP contribution is 2.15. The third-order valence-corrected chi connectivity index (χ3v) is 2.81. The zero-order chi connectivity index (χ0) is 11.5. The lowest BCUT2D eigenvalue weighted by Crippen LogP contribution is -2.15. The Balaban J connectivity index is 2.14. The summed E-state index contributed by atoms with van der Waals surface area (Å²) < 4.78 is 2.78. The standard InChI is InChI=1S/C12H11BrN2O/c1-15-8-2-3-11(15)12(16)14-10-6-4-9(13)5-7-10/h2-8H,1H3,(H,14,16). The molecule has 0 saturated carbocycles. The number of carbonyl (C=O) groups excluding carboxylic acids is 1. The molecule has 82 valence electrons. The van der Waals surface area contributed by atoms with Crippen molar-refractivity contribution < 1.29 is 4.79 Å². The van der Waals surface area contributed by atoms with E-state index in [1.165, 1.54) is 0 Å². The van der Waals surface area contributed by atoms with Gasteiger partial charge in [0.25, 0.3) is 5.91 Å². The number of rotatable bonds is 2. The average molecular weight is 279 g/mol. The van der Waals surface area contributed by atoms with E-state index in [0.29, 0.717) is 5.69 Å². The van der Waals surface area contributed by atoms with E-state index in [1.54, 1.807) is 10.6 Å². The van der Waals surface area contributed by atoms with Crippen LogP contribution in [0.5, 0.6) is 0 Å². The monoisotopic (exact) mass is 278 g/mol. The van der Waals surface area contributed by atoms with E-state index in [-0.39, 0.29) is 5.91 Å². The molecule has 1 aromatic carbocycles. The summed E-state index contributed by atoms with van der Waals surface area (Å²) in [5.74, 6) is -0.102. The third kappa shape index (κ3) is 2.33. The summed E-state index contributed by atoms with van der Waals surface area (Å²) >= 11 is 3.35. The number of carbonyl (C=O) groups is 1. The number of nitrogens with zero attached hydrogens (tertiary/aromatic N) is 1. The Kier molecular flexibility index (Phi) is 3.10. The van der Waals surface area contributed by atoms with Gasteiger partial charge in [-0.15, -0.1) is 0 Å². The maximum absolute atomic E-state index is 11.8. The van der Waals surface area contributed by atoms with Gasteiger partial charge in [-0.1, -0.05) is 15.9 Å². The molecular formula is C12H11BrN2O. The van der Waals surface area contributed by atoms with Crippen LogP contribution in [-0.2, 0) is 7.05 Å². The van der Waals surface area contributed by atoms with Gasteiger partial charge in [0.05, 0.1) is 0 Å². The van der Waals surface area contributed by atoms with E-state index in [0.717, 1.165) is 10.2 Å². The second-order valence-corrected chi connectivity index (χ2v) is 4.38. The first-order valence-electron chi connectivity index (χ1n) is 4.85. The normalized spacial score (nSPS) is 10.1. The van der Waals surface area contributed by atoms with Gasteiger partial charge in [-0.05, 0) is 36.4 Å². The van der Waals surface area contributed by atoms with E-state index in [9.17, 15) is 4.79 Å². The van der Waals surface area contributed by atoms with Crippen LogP contribution in [0.15, 0.2) is 47.1 Å². The fourth-order valence-electron chi connectivity index (χ4n) is 1.43. The minimum Gasteiger partial charge on any atom is -0.347 e. The highest BCUT2D eigenvalue weighted by molar-refractivity contribution is 9.10. The Labute approximate surface area is 102 Å². The van der Waals surface area contributed by atoms with Crippen molar-refractivity contribution in [3.05, 3.63) is 52.8 Å². The van der Waals surface area contributed by atoms with Crippen molar-refractivity contribution in [1.82, 2.24) is 4.57 Å². The highest BCUT2D eigenvalue weighted by Gasteiger charge is 2.08. The first-order valence-corrected chi connectivity index (χ1v) is 5.64. The lowest BCUT2D eigenvalue weighted by atomic mass is 10.3. The fourth-order valence-corrected chi connectivity index (χ4v) is 1.69. The molecule has 0 aliphatic heterocycles. The van der Waals surface area contributed by atoms with Gasteiger partial charge in [0, 0.05) is 23.4 Å². The maximum atomic E-state index is 11.8. The first-order chi connectivity index (χ1) is 7.66. The molecule has 3 nitrogen and oxygen atoms in total. The van der Waals surface area contributed by atoms with Crippen molar-refractivity contribution in [3.63, 3.8) is 0 Å². The van der Waals surface area contributed by atoms with E-state index in [2.05, 4.69) is 21.2 Å². The molecule has 4 heteroatoms. The zero-order valence-electron chi connectivity index (χ0n) is 8.77. The van der Waals surface area contributed by atoms with E-state index >= 15 is 0 Å². The van der Waals surface area contributed by atoms with Crippen molar-refractivity contribution >= 4 is 27.5 Å². The smallest absolute Gasteiger partial charge is 0.272 e. The van der Waals surface area contributed by atoms with Gasteiger partial charge < -0.3 is 9.88 Å². The molecule has 1 amide bonds. The second kappa shape index (κ2) is 4.53. The van der Waals surface area contributed by atoms with Crippen molar-refractivity contribution in [2.75, 3.05) is 5.32 Å². The summed E-state index contributed by atoms with van der Waals surface area (Å²) in [6.07, 6.45) is 1.84. The van der Waals surface area contributed by atoms with E-state index < -0.39 is 0 Å². The van der Waals surface area contributed by atoms with Crippen LogP contribution in [-0.4, -0.2) is 10.5 Å². The molecule has 0 bridgehead atoms. The van der Waals surface area contributed by atoms with Gasteiger partial charge in [0.15, 0.2) is 0 Å². The lowest BCUT2D eigenvalue weighted by molar-refractivity contribution is 0.101. The molecule has 0 fully saturated rings. The van der Waals surface area contributed by atoms with Gasteiger partial charge in [-0.3, -0.25) is 4.79 Å². The molecule has 2 rings (SSSR count). The quantitative estimate of drug-likeness (QED) is 0.900. The van der Waals surface area contributed by atoms with Gasteiger partial charge in [-0.2, -0.15) is 0 Å². The molecular weight excluding hydrogens is 268 g/mol. The first kappa shape index (κ1) is 11.0. The largest absolute Gasteiger partial charge is 0.347 e. The summed E-state index contributed by atoms with van der Waals surface area (Å²) in [5, 5.41) is 2.83. The van der Waals surface area contributed by atoms with Crippen LogP contribution in [0.25, 0.3) is 0 Å². The summed E-state index contributed by atoms with van der Waals surface area (Å²) in [5.41, 5.74) is 1.43. The molecule has 0 radical (unpaired) electrons.